The molecule has 0 saturated carbocycles. The van der Waals surface area contributed by atoms with E-state index in [9.17, 15) is 9.59 Å². The van der Waals surface area contributed by atoms with E-state index >= 15 is 0 Å². The van der Waals surface area contributed by atoms with Gasteiger partial charge < -0.3 is 16.4 Å². The van der Waals surface area contributed by atoms with Crippen LogP contribution in [0.5, 0.6) is 0 Å². The first kappa shape index (κ1) is 19.4. The second-order valence-electron chi connectivity index (χ2n) is 4.72. The maximum atomic E-state index is 11.6. The molecule has 0 bridgehead atoms. The van der Waals surface area contributed by atoms with Crippen LogP contribution in [0.3, 0.4) is 0 Å². The Labute approximate surface area is 132 Å². The van der Waals surface area contributed by atoms with Crippen LogP contribution in [0.2, 0.25) is 0 Å². The molecular formula is C15H24ClN3O2. The van der Waals surface area contributed by atoms with E-state index in [0.717, 1.165) is 12.0 Å². The summed E-state index contributed by atoms with van der Waals surface area (Å²) in [6.07, 6.45) is 2.26. The smallest absolute Gasteiger partial charge is 0.251 e. The fourth-order valence-corrected chi connectivity index (χ4v) is 1.92. The van der Waals surface area contributed by atoms with E-state index in [4.69, 9.17) is 5.73 Å². The Morgan fingerprint density at radius 1 is 1.33 bits per heavy atom. The third kappa shape index (κ3) is 6.60. The van der Waals surface area contributed by atoms with Crippen LogP contribution >= 0.6 is 12.4 Å². The van der Waals surface area contributed by atoms with E-state index in [1.165, 1.54) is 0 Å². The first-order chi connectivity index (χ1) is 9.58. The third-order valence-corrected chi connectivity index (χ3v) is 3.07. The van der Waals surface area contributed by atoms with Crippen molar-refractivity contribution >= 4 is 24.2 Å². The summed E-state index contributed by atoms with van der Waals surface area (Å²) in [5.41, 5.74) is 7.36. The Balaban J connectivity index is 0.00000400. The lowest BCUT2D eigenvalue weighted by atomic mass is 10.1. The van der Waals surface area contributed by atoms with Gasteiger partial charge in [0.1, 0.15) is 0 Å². The summed E-state index contributed by atoms with van der Waals surface area (Å²) in [5.74, 6) is -0.227. The number of nitrogens with two attached hydrogens (primary N) is 1. The van der Waals surface area contributed by atoms with Crippen LogP contribution in [0.15, 0.2) is 24.3 Å². The highest BCUT2D eigenvalue weighted by Crippen LogP contribution is 2.05. The van der Waals surface area contributed by atoms with Gasteiger partial charge in [-0.15, -0.1) is 12.4 Å². The number of rotatable bonds is 7. The van der Waals surface area contributed by atoms with Gasteiger partial charge in [0.2, 0.25) is 5.91 Å². The Hall–Kier alpha value is -1.59. The third-order valence-electron chi connectivity index (χ3n) is 3.07. The Bertz CT molecular complexity index is 466. The van der Waals surface area contributed by atoms with Crippen molar-refractivity contribution in [1.82, 2.24) is 10.6 Å². The number of hydrogen-bond acceptors (Lipinski definition) is 3. The first-order valence-corrected chi connectivity index (χ1v) is 6.92. The van der Waals surface area contributed by atoms with Gasteiger partial charge in [-0.3, -0.25) is 9.59 Å². The van der Waals surface area contributed by atoms with Crippen molar-refractivity contribution in [2.24, 2.45) is 5.73 Å². The van der Waals surface area contributed by atoms with Gasteiger partial charge in [-0.2, -0.15) is 0 Å². The van der Waals surface area contributed by atoms with Gasteiger partial charge in [-0.1, -0.05) is 25.5 Å². The molecule has 6 heteroatoms. The molecule has 0 saturated heterocycles. The predicted molar refractivity (Wildman–Crippen MR) is 86.7 cm³/mol. The number of nitrogens with one attached hydrogen (secondary N) is 2. The number of benzene rings is 1. The lowest BCUT2D eigenvalue weighted by Crippen LogP contribution is -2.41. The maximum absolute atomic E-state index is 11.6. The van der Waals surface area contributed by atoms with Crippen molar-refractivity contribution in [2.45, 2.75) is 32.2 Å². The largest absolute Gasteiger partial charge is 0.355 e. The van der Waals surface area contributed by atoms with Crippen LogP contribution in [-0.4, -0.2) is 31.4 Å². The maximum Gasteiger partial charge on any atom is 0.251 e. The topological polar surface area (TPSA) is 84.2 Å². The molecule has 0 radical (unpaired) electrons. The highest BCUT2D eigenvalue weighted by atomic mass is 35.5. The SMILES string of the molecule is CCCC(N)C(=O)NCCc1cccc(C(=O)NC)c1.Cl. The summed E-state index contributed by atoms with van der Waals surface area (Å²) in [6.45, 7) is 2.52. The van der Waals surface area contributed by atoms with E-state index < -0.39 is 6.04 Å². The molecule has 118 valence electrons. The van der Waals surface area contributed by atoms with Crippen LogP contribution in [-0.2, 0) is 11.2 Å². The quantitative estimate of drug-likeness (QED) is 0.708. The summed E-state index contributed by atoms with van der Waals surface area (Å²) >= 11 is 0. The molecule has 1 atom stereocenters. The Morgan fingerprint density at radius 2 is 2.05 bits per heavy atom. The van der Waals surface area contributed by atoms with Crippen molar-refractivity contribution in [2.75, 3.05) is 13.6 Å². The zero-order valence-electron chi connectivity index (χ0n) is 12.5. The fraction of sp³-hybridized carbons (Fsp3) is 0.467. The number of amides is 2. The molecule has 0 spiro atoms. The summed E-state index contributed by atoms with van der Waals surface area (Å²) in [7, 11) is 1.60. The normalized spacial score (nSPS) is 11.2. The fourth-order valence-electron chi connectivity index (χ4n) is 1.92. The minimum absolute atomic E-state index is 0. The predicted octanol–water partition coefficient (Wildman–Crippen LogP) is 1.25. The minimum Gasteiger partial charge on any atom is -0.355 e. The number of carbonyl (C=O) groups is 2. The summed E-state index contributed by atoms with van der Waals surface area (Å²) in [6, 6.07) is 6.93. The van der Waals surface area contributed by atoms with Crippen LogP contribution in [0.25, 0.3) is 0 Å². The molecule has 0 aliphatic carbocycles. The molecule has 0 aliphatic rings. The van der Waals surface area contributed by atoms with Crippen molar-refractivity contribution in [3.63, 3.8) is 0 Å². The van der Waals surface area contributed by atoms with Gasteiger partial charge in [0.05, 0.1) is 6.04 Å². The molecule has 1 aromatic carbocycles. The second-order valence-corrected chi connectivity index (χ2v) is 4.72. The standard InChI is InChI=1S/C15H23N3O2.ClH/c1-3-5-13(16)15(20)18-9-8-11-6-4-7-12(10-11)14(19)17-2;/h4,6-7,10,13H,3,5,8-9,16H2,1-2H3,(H,17,19)(H,18,20);1H. The minimum atomic E-state index is -0.433. The van der Waals surface area contributed by atoms with Gasteiger partial charge in [-0.05, 0) is 30.5 Å². The molecule has 1 unspecified atom stereocenters. The van der Waals surface area contributed by atoms with E-state index in [-0.39, 0.29) is 24.2 Å². The van der Waals surface area contributed by atoms with Crippen molar-refractivity contribution < 1.29 is 9.59 Å². The van der Waals surface area contributed by atoms with Gasteiger partial charge in [0.25, 0.3) is 5.91 Å². The molecule has 4 N–H and O–H groups in total. The van der Waals surface area contributed by atoms with Gasteiger partial charge in [0, 0.05) is 19.2 Å². The summed E-state index contributed by atoms with van der Waals surface area (Å²) in [4.78, 5) is 23.2. The molecule has 0 aliphatic heterocycles. The number of halogens is 1. The zero-order valence-corrected chi connectivity index (χ0v) is 13.3. The Morgan fingerprint density at radius 3 is 2.67 bits per heavy atom. The van der Waals surface area contributed by atoms with E-state index in [0.29, 0.717) is 24.9 Å². The molecule has 0 heterocycles. The van der Waals surface area contributed by atoms with E-state index in [1.807, 2.05) is 25.1 Å². The summed E-state index contributed by atoms with van der Waals surface area (Å²) in [5, 5.41) is 5.40. The molecule has 0 aromatic heterocycles. The molecule has 5 nitrogen and oxygen atoms in total. The zero-order chi connectivity index (χ0) is 15.0. The van der Waals surface area contributed by atoms with Crippen molar-refractivity contribution in [1.29, 1.82) is 0 Å². The molecule has 0 fully saturated rings. The van der Waals surface area contributed by atoms with Gasteiger partial charge in [0.15, 0.2) is 0 Å². The van der Waals surface area contributed by atoms with Crippen LogP contribution < -0.4 is 16.4 Å². The number of carbonyl (C=O) groups excluding carboxylic acids is 2. The second kappa shape index (κ2) is 10.2. The summed E-state index contributed by atoms with van der Waals surface area (Å²) < 4.78 is 0. The van der Waals surface area contributed by atoms with E-state index in [2.05, 4.69) is 10.6 Å². The van der Waals surface area contributed by atoms with Crippen LogP contribution in [0.4, 0.5) is 0 Å². The van der Waals surface area contributed by atoms with Gasteiger partial charge in [-0.25, -0.2) is 0 Å². The van der Waals surface area contributed by atoms with Crippen molar-refractivity contribution in [3.8, 4) is 0 Å². The van der Waals surface area contributed by atoms with Gasteiger partial charge >= 0.3 is 0 Å². The lowest BCUT2D eigenvalue weighted by molar-refractivity contribution is -0.122. The first-order valence-electron chi connectivity index (χ1n) is 6.92. The molecule has 1 aromatic rings. The Kier molecular flexibility index (Phi) is 9.41. The molecular weight excluding hydrogens is 290 g/mol. The van der Waals surface area contributed by atoms with Crippen LogP contribution in [0.1, 0.15) is 35.7 Å². The highest BCUT2D eigenvalue weighted by Gasteiger charge is 2.11. The monoisotopic (exact) mass is 313 g/mol. The lowest BCUT2D eigenvalue weighted by Gasteiger charge is -2.11. The van der Waals surface area contributed by atoms with E-state index in [1.54, 1.807) is 13.1 Å². The average Bonchev–Trinajstić information content (AvgIpc) is 2.46. The van der Waals surface area contributed by atoms with Crippen LogP contribution in [0, 0.1) is 0 Å². The van der Waals surface area contributed by atoms with Crippen molar-refractivity contribution in [3.05, 3.63) is 35.4 Å². The molecule has 2 amide bonds. The average molecular weight is 314 g/mol. The number of hydrogen-bond donors (Lipinski definition) is 3. The molecule has 21 heavy (non-hydrogen) atoms. The molecule has 1 rings (SSSR count). The highest BCUT2D eigenvalue weighted by molar-refractivity contribution is 5.94.